The highest BCUT2D eigenvalue weighted by Crippen LogP contribution is 2.43. The third-order valence-electron chi connectivity index (χ3n) is 3.51. The SMILES string of the molecule is CSc1ncc2c(Cl)nc(C3(C)CCC3)n2n1. The lowest BCUT2D eigenvalue weighted by Crippen LogP contribution is -2.33. The number of fused-ring (bicyclic) bond motifs is 1. The molecular weight excluding hydrogens is 256 g/mol. The third-order valence-corrected chi connectivity index (χ3v) is 4.34. The van der Waals surface area contributed by atoms with Crippen LogP contribution in [0.3, 0.4) is 0 Å². The molecule has 0 aromatic carbocycles. The van der Waals surface area contributed by atoms with Crippen molar-refractivity contribution in [2.45, 2.75) is 36.8 Å². The smallest absolute Gasteiger partial charge is 0.207 e. The second kappa shape index (κ2) is 3.85. The molecule has 0 saturated heterocycles. The zero-order valence-electron chi connectivity index (χ0n) is 9.77. The number of hydrogen-bond acceptors (Lipinski definition) is 4. The van der Waals surface area contributed by atoms with Gasteiger partial charge in [0.1, 0.15) is 11.3 Å². The van der Waals surface area contributed by atoms with Crippen LogP contribution in [0.5, 0.6) is 0 Å². The molecular formula is C11H13ClN4S. The molecule has 2 heterocycles. The van der Waals surface area contributed by atoms with E-state index in [1.807, 2.05) is 10.8 Å². The Kier molecular flexibility index (Phi) is 2.56. The fourth-order valence-electron chi connectivity index (χ4n) is 2.25. The predicted octanol–water partition coefficient (Wildman–Crippen LogP) is 2.94. The highest BCUT2D eigenvalue weighted by molar-refractivity contribution is 7.98. The predicted molar refractivity (Wildman–Crippen MR) is 68.8 cm³/mol. The second-order valence-corrected chi connectivity index (χ2v) is 5.81. The van der Waals surface area contributed by atoms with Gasteiger partial charge in [0.2, 0.25) is 5.16 Å². The summed E-state index contributed by atoms with van der Waals surface area (Å²) in [7, 11) is 0. The van der Waals surface area contributed by atoms with E-state index in [1.54, 1.807) is 6.20 Å². The molecule has 1 fully saturated rings. The van der Waals surface area contributed by atoms with E-state index in [1.165, 1.54) is 18.2 Å². The van der Waals surface area contributed by atoms with Crippen molar-refractivity contribution in [3.63, 3.8) is 0 Å². The van der Waals surface area contributed by atoms with Gasteiger partial charge >= 0.3 is 0 Å². The van der Waals surface area contributed by atoms with E-state index in [0.29, 0.717) is 5.15 Å². The monoisotopic (exact) mass is 268 g/mol. The summed E-state index contributed by atoms with van der Waals surface area (Å²) in [6, 6.07) is 0. The summed E-state index contributed by atoms with van der Waals surface area (Å²) in [6.45, 7) is 2.22. The van der Waals surface area contributed by atoms with E-state index in [4.69, 9.17) is 11.6 Å². The van der Waals surface area contributed by atoms with Gasteiger partial charge in [0.15, 0.2) is 5.15 Å². The number of imidazole rings is 1. The minimum atomic E-state index is 0.125. The van der Waals surface area contributed by atoms with Crippen LogP contribution in [0.2, 0.25) is 5.15 Å². The summed E-state index contributed by atoms with van der Waals surface area (Å²) in [4.78, 5) is 8.71. The van der Waals surface area contributed by atoms with Gasteiger partial charge in [-0.1, -0.05) is 36.7 Å². The highest BCUT2D eigenvalue weighted by Gasteiger charge is 2.38. The van der Waals surface area contributed by atoms with Gasteiger partial charge in [-0.25, -0.2) is 14.5 Å². The molecule has 1 saturated carbocycles. The standard InChI is InChI=1S/C11H13ClN4S/c1-11(4-3-5-11)9-14-8(12)7-6-13-10(17-2)15-16(7)9/h6H,3-5H2,1-2H3. The Bertz CT molecular complexity index is 576. The van der Waals surface area contributed by atoms with Crippen LogP contribution in [0.25, 0.3) is 5.52 Å². The molecule has 0 atom stereocenters. The van der Waals surface area contributed by atoms with Gasteiger partial charge in [-0.3, -0.25) is 0 Å². The minimum absolute atomic E-state index is 0.125. The Morgan fingerprint density at radius 1 is 1.47 bits per heavy atom. The zero-order chi connectivity index (χ0) is 12.0. The largest absolute Gasteiger partial charge is 0.227 e. The molecule has 2 aromatic heterocycles. The lowest BCUT2D eigenvalue weighted by molar-refractivity contribution is 0.252. The van der Waals surface area contributed by atoms with E-state index in [2.05, 4.69) is 22.0 Å². The average Bonchev–Trinajstić information content (AvgIpc) is 2.63. The Hall–Kier alpha value is -0.810. The zero-order valence-corrected chi connectivity index (χ0v) is 11.3. The summed E-state index contributed by atoms with van der Waals surface area (Å²) in [6.07, 6.45) is 7.27. The molecule has 1 aliphatic rings. The van der Waals surface area contributed by atoms with Crippen LogP contribution in [-0.4, -0.2) is 25.8 Å². The molecule has 0 N–H and O–H groups in total. The summed E-state index contributed by atoms with van der Waals surface area (Å²) >= 11 is 7.67. The van der Waals surface area contributed by atoms with Crippen LogP contribution in [0.1, 0.15) is 32.0 Å². The van der Waals surface area contributed by atoms with Crippen molar-refractivity contribution < 1.29 is 0 Å². The van der Waals surface area contributed by atoms with Crippen molar-refractivity contribution in [2.24, 2.45) is 0 Å². The van der Waals surface area contributed by atoms with Crippen molar-refractivity contribution in [2.75, 3.05) is 6.26 Å². The van der Waals surface area contributed by atoms with Gasteiger partial charge in [-0.05, 0) is 19.1 Å². The van der Waals surface area contributed by atoms with Crippen molar-refractivity contribution in [3.8, 4) is 0 Å². The topological polar surface area (TPSA) is 43.1 Å². The molecule has 0 radical (unpaired) electrons. The molecule has 0 amide bonds. The minimum Gasteiger partial charge on any atom is -0.227 e. The maximum Gasteiger partial charge on any atom is 0.207 e. The van der Waals surface area contributed by atoms with E-state index in [-0.39, 0.29) is 5.41 Å². The Labute approximate surface area is 109 Å². The van der Waals surface area contributed by atoms with Gasteiger partial charge in [0.05, 0.1) is 6.20 Å². The molecule has 4 nitrogen and oxygen atoms in total. The van der Waals surface area contributed by atoms with Crippen LogP contribution >= 0.6 is 23.4 Å². The summed E-state index contributed by atoms with van der Waals surface area (Å²) in [5.74, 6) is 0.974. The van der Waals surface area contributed by atoms with Gasteiger partial charge < -0.3 is 0 Å². The van der Waals surface area contributed by atoms with Crippen LogP contribution < -0.4 is 0 Å². The normalized spacial score (nSPS) is 18.3. The number of rotatable bonds is 2. The van der Waals surface area contributed by atoms with Crippen molar-refractivity contribution in [1.29, 1.82) is 0 Å². The van der Waals surface area contributed by atoms with E-state index >= 15 is 0 Å². The van der Waals surface area contributed by atoms with Gasteiger partial charge in [-0.2, -0.15) is 0 Å². The summed E-state index contributed by atoms with van der Waals surface area (Å²) < 4.78 is 1.86. The quantitative estimate of drug-likeness (QED) is 0.786. The maximum atomic E-state index is 6.14. The molecule has 0 unspecified atom stereocenters. The second-order valence-electron chi connectivity index (χ2n) is 4.68. The first-order valence-electron chi connectivity index (χ1n) is 5.60. The van der Waals surface area contributed by atoms with Gasteiger partial charge in [0, 0.05) is 5.41 Å². The number of halogens is 1. The summed E-state index contributed by atoms with van der Waals surface area (Å²) in [5.41, 5.74) is 0.924. The Morgan fingerprint density at radius 2 is 2.24 bits per heavy atom. The highest BCUT2D eigenvalue weighted by atomic mass is 35.5. The number of nitrogens with zero attached hydrogens (tertiary/aromatic N) is 4. The Morgan fingerprint density at radius 3 is 2.82 bits per heavy atom. The van der Waals surface area contributed by atoms with Crippen LogP contribution in [0, 0.1) is 0 Å². The van der Waals surface area contributed by atoms with E-state index in [9.17, 15) is 0 Å². The van der Waals surface area contributed by atoms with E-state index in [0.717, 1.165) is 29.3 Å². The van der Waals surface area contributed by atoms with Crippen molar-refractivity contribution >= 4 is 28.9 Å². The van der Waals surface area contributed by atoms with Crippen molar-refractivity contribution in [1.82, 2.24) is 19.6 Å². The Balaban J connectivity index is 2.23. The van der Waals surface area contributed by atoms with Crippen LogP contribution in [-0.2, 0) is 5.41 Å². The molecule has 17 heavy (non-hydrogen) atoms. The van der Waals surface area contributed by atoms with Gasteiger partial charge in [-0.15, -0.1) is 5.10 Å². The first kappa shape index (κ1) is 11.3. The number of hydrogen-bond donors (Lipinski definition) is 0. The summed E-state index contributed by atoms with van der Waals surface area (Å²) in [5, 5.41) is 5.73. The molecule has 0 aliphatic heterocycles. The first-order chi connectivity index (χ1) is 8.14. The van der Waals surface area contributed by atoms with Gasteiger partial charge in [0.25, 0.3) is 0 Å². The first-order valence-corrected chi connectivity index (χ1v) is 7.20. The van der Waals surface area contributed by atoms with Crippen LogP contribution in [0.4, 0.5) is 0 Å². The molecule has 1 aliphatic carbocycles. The molecule has 2 aromatic rings. The molecule has 90 valence electrons. The molecule has 6 heteroatoms. The fraction of sp³-hybridized carbons (Fsp3) is 0.545. The maximum absolute atomic E-state index is 6.14. The molecule has 0 spiro atoms. The van der Waals surface area contributed by atoms with E-state index < -0.39 is 0 Å². The number of thioether (sulfide) groups is 1. The lowest BCUT2D eigenvalue weighted by atomic mass is 9.70. The molecule has 0 bridgehead atoms. The lowest BCUT2D eigenvalue weighted by Gasteiger charge is -2.36. The third kappa shape index (κ3) is 1.64. The average molecular weight is 269 g/mol. The van der Waals surface area contributed by atoms with Crippen molar-refractivity contribution in [3.05, 3.63) is 17.2 Å². The number of aromatic nitrogens is 4. The fourth-order valence-corrected chi connectivity index (χ4v) is 2.78. The molecule has 3 rings (SSSR count). The van der Waals surface area contributed by atoms with Crippen LogP contribution in [0.15, 0.2) is 11.4 Å².